The quantitative estimate of drug-likeness (QED) is 0.630. The van der Waals surface area contributed by atoms with Gasteiger partial charge in [0.1, 0.15) is 11.5 Å². The maximum absolute atomic E-state index is 5.61. The zero-order valence-electron chi connectivity index (χ0n) is 10.1. The van der Waals surface area contributed by atoms with Gasteiger partial charge in [-0.1, -0.05) is 0 Å². The summed E-state index contributed by atoms with van der Waals surface area (Å²) < 4.78 is 10.7. The van der Waals surface area contributed by atoms with Gasteiger partial charge in [-0.15, -0.1) is 11.8 Å². The second kappa shape index (κ2) is 5.86. The number of hydrogen-bond donors (Lipinski definition) is 1. The third kappa shape index (κ3) is 2.54. The molecule has 0 bridgehead atoms. The van der Waals surface area contributed by atoms with E-state index >= 15 is 0 Å². The molecule has 1 aromatic rings. The van der Waals surface area contributed by atoms with Gasteiger partial charge in [0.05, 0.1) is 31.5 Å². The summed E-state index contributed by atoms with van der Waals surface area (Å²) >= 11 is 1.62. The van der Waals surface area contributed by atoms with Crippen LogP contribution in [0.2, 0.25) is 0 Å². The Morgan fingerprint density at radius 3 is 2.31 bits per heavy atom. The first kappa shape index (κ1) is 13.0. The predicted octanol–water partition coefficient (Wildman–Crippen LogP) is 1.78. The van der Waals surface area contributed by atoms with Crippen LogP contribution in [0, 0.1) is 0 Å². The molecule has 0 aliphatic rings. The van der Waals surface area contributed by atoms with E-state index in [2.05, 4.69) is 0 Å². The molecule has 16 heavy (non-hydrogen) atoms. The lowest BCUT2D eigenvalue weighted by Crippen LogP contribution is -2.25. The highest BCUT2D eigenvalue weighted by atomic mass is 32.2. The lowest BCUT2D eigenvalue weighted by atomic mass is 10.2. The van der Waals surface area contributed by atoms with Gasteiger partial charge >= 0.3 is 0 Å². The van der Waals surface area contributed by atoms with Crippen LogP contribution in [-0.4, -0.2) is 34.2 Å². The van der Waals surface area contributed by atoms with E-state index in [0.717, 1.165) is 22.1 Å². The van der Waals surface area contributed by atoms with E-state index in [1.165, 1.54) is 0 Å². The Labute approximate surface area is 101 Å². The summed E-state index contributed by atoms with van der Waals surface area (Å²) in [5.74, 6) is 1.64. The van der Waals surface area contributed by atoms with Crippen LogP contribution in [0.1, 0.15) is 0 Å². The van der Waals surface area contributed by atoms with Crippen molar-refractivity contribution in [2.24, 2.45) is 5.73 Å². The minimum Gasteiger partial charge on any atom is -0.496 e. The van der Waals surface area contributed by atoms with Crippen LogP contribution >= 0.6 is 11.8 Å². The molecular formula is C11H18N2O2S. The van der Waals surface area contributed by atoms with E-state index in [1.54, 1.807) is 26.0 Å². The average molecular weight is 242 g/mol. The van der Waals surface area contributed by atoms with Crippen molar-refractivity contribution in [3.63, 3.8) is 0 Å². The van der Waals surface area contributed by atoms with Gasteiger partial charge in [0.15, 0.2) is 0 Å². The van der Waals surface area contributed by atoms with E-state index in [9.17, 15) is 0 Å². The number of rotatable bonds is 5. The number of anilines is 1. The van der Waals surface area contributed by atoms with Crippen LogP contribution in [-0.2, 0) is 0 Å². The summed E-state index contributed by atoms with van der Waals surface area (Å²) in [6.07, 6.45) is 2.00. The number of thioether (sulfide) groups is 1. The molecule has 0 fully saturated rings. The molecule has 0 unspecified atom stereocenters. The zero-order valence-corrected chi connectivity index (χ0v) is 10.9. The molecule has 0 aliphatic heterocycles. The number of benzene rings is 1. The van der Waals surface area contributed by atoms with E-state index in [4.69, 9.17) is 15.2 Å². The summed E-state index contributed by atoms with van der Waals surface area (Å²) in [7, 11) is 5.23. The number of ether oxygens (including phenoxy) is 2. The summed E-state index contributed by atoms with van der Waals surface area (Å²) in [6.45, 7) is 0.429. The fraction of sp³-hybridized carbons (Fsp3) is 0.455. The second-order valence-corrected chi connectivity index (χ2v) is 4.11. The van der Waals surface area contributed by atoms with Crippen molar-refractivity contribution in [1.29, 1.82) is 0 Å². The van der Waals surface area contributed by atoms with Crippen molar-refractivity contribution in [3.05, 3.63) is 12.1 Å². The standard InChI is InChI=1S/C11H18N2O2S/c1-13(7-12)8-5-10(15-3)11(16-4)6-9(8)14-2/h5-6H,7,12H2,1-4H3. The molecule has 5 heteroatoms. The third-order valence-electron chi connectivity index (χ3n) is 2.37. The van der Waals surface area contributed by atoms with E-state index < -0.39 is 0 Å². The molecule has 90 valence electrons. The van der Waals surface area contributed by atoms with Crippen molar-refractivity contribution >= 4 is 17.4 Å². The summed E-state index contributed by atoms with van der Waals surface area (Å²) in [6, 6.07) is 3.91. The van der Waals surface area contributed by atoms with E-state index in [-0.39, 0.29) is 0 Å². The average Bonchev–Trinajstić information content (AvgIpc) is 2.35. The SMILES string of the molecule is COc1cc(N(C)CN)c(OC)cc1SC. The van der Waals surface area contributed by atoms with Gasteiger partial charge < -0.3 is 20.1 Å². The Hall–Kier alpha value is -1.07. The Balaban J connectivity index is 3.25. The molecule has 0 saturated heterocycles. The van der Waals surface area contributed by atoms with Gasteiger partial charge in [0.2, 0.25) is 0 Å². The highest BCUT2D eigenvalue weighted by molar-refractivity contribution is 7.98. The van der Waals surface area contributed by atoms with Crippen molar-refractivity contribution in [3.8, 4) is 11.5 Å². The minimum atomic E-state index is 0.429. The number of nitrogens with zero attached hydrogens (tertiary/aromatic N) is 1. The van der Waals surface area contributed by atoms with Gasteiger partial charge in [-0.3, -0.25) is 0 Å². The monoisotopic (exact) mass is 242 g/mol. The van der Waals surface area contributed by atoms with Gasteiger partial charge in [-0.2, -0.15) is 0 Å². The largest absolute Gasteiger partial charge is 0.496 e. The molecule has 0 radical (unpaired) electrons. The molecule has 0 heterocycles. The maximum atomic E-state index is 5.61. The number of methoxy groups -OCH3 is 2. The summed E-state index contributed by atoms with van der Waals surface area (Å²) in [4.78, 5) is 2.96. The van der Waals surface area contributed by atoms with Crippen LogP contribution in [0.5, 0.6) is 11.5 Å². The Kier molecular flexibility index (Phi) is 4.76. The van der Waals surface area contributed by atoms with Crippen LogP contribution < -0.4 is 20.1 Å². The molecule has 2 N–H and O–H groups in total. The summed E-state index contributed by atoms with van der Waals surface area (Å²) in [5.41, 5.74) is 6.54. The zero-order chi connectivity index (χ0) is 12.1. The molecule has 0 aliphatic carbocycles. The maximum Gasteiger partial charge on any atom is 0.143 e. The van der Waals surface area contributed by atoms with Crippen LogP contribution in [0.4, 0.5) is 5.69 Å². The Bertz CT molecular complexity index is 358. The van der Waals surface area contributed by atoms with Crippen molar-refractivity contribution in [2.75, 3.05) is 39.1 Å². The first-order chi connectivity index (χ1) is 7.67. The van der Waals surface area contributed by atoms with Crippen molar-refractivity contribution in [2.45, 2.75) is 4.90 Å². The Morgan fingerprint density at radius 2 is 1.88 bits per heavy atom. The fourth-order valence-electron chi connectivity index (χ4n) is 1.41. The number of nitrogens with two attached hydrogens (primary N) is 1. The molecule has 4 nitrogen and oxygen atoms in total. The van der Waals surface area contributed by atoms with Gasteiger partial charge in [-0.05, 0) is 12.3 Å². The molecule has 0 saturated carbocycles. The van der Waals surface area contributed by atoms with Crippen molar-refractivity contribution < 1.29 is 9.47 Å². The summed E-state index contributed by atoms with van der Waals surface area (Å²) in [5, 5.41) is 0. The molecule has 0 aromatic heterocycles. The van der Waals surface area contributed by atoms with Crippen LogP contribution in [0.3, 0.4) is 0 Å². The predicted molar refractivity (Wildman–Crippen MR) is 68.8 cm³/mol. The van der Waals surface area contributed by atoms with E-state index in [0.29, 0.717) is 6.67 Å². The van der Waals surface area contributed by atoms with Gasteiger partial charge in [0.25, 0.3) is 0 Å². The lowest BCUT2D eigenvalue weighted by Gasteiger charge is -2.21. The highest BCUT2D eigenvalue weighted by Gasteiger charge is 2.12. The molecule has 1 aromatic carbocycles. The topological polar surface area (TPSA) is 47.7 Å². The number of hydrogen-bond acceptors (Lipinski definition) is 5. The lowest BCUT2D eigenvalue weighted by molar-refractivity contribution is 0.394. The first-order valence-electron chi connectivity index (χ1n) is 4.89. The molecule has 0 atom stereocenters. The van der Waals surface area contributed by atoms with E-state index in [1.807, 2.05) is 30.3 Å². The van der Waals surface area contributed by atoms with Crippen molar-refractivity contribution in [1.82, 2.24) is 0 Å². The first-order valence-corrected chi connectivity index (χ1v) is 6.11. The highest BCUT2D eigenvalue weighted by Crippen LogP contribution is 2.38. The Morgan fingerprint density at radius 1 is 1.25 bits per heavy atom. The second-order valence-electron chi connectivity index (χ2n) is 3.26. The smallest absolute Gasteiger partial charge is 0.143 e. The van der Waals surface area contributed by atoms with Crippen LogP contribution in [0.15, 0.2) is 17.0 Å². The molecular weight excluding hydrogens is 224 g/mol. The minimum absolute atomic E-state index is 0.429. The van der Waals surface area contributed by atoms with Gasteiger partial charge in [0, 0.05) is 13.1 Å². The third-order valence-corrected chi connectivity index (χ3v) is 3.13. The molecule has 0 spiro atoms. The van der Waals surface area contributed by atoms with Crippen LogP contribution in [0.25, 0.3) is 0 Å². The van der Waals surface area contributed by atoms with Gasteiger partial charge in [-0.25, -0.2) is 0 Å². The normalized spacial score (nSPS) is 10.1. The fourth-order valence-corrected chi connectivity index (χ4v) is 1.98. The molecule has 1 rings (SSSR count). The molecule has 0 amide bonds.